The van der Waals surface area contributed by atoms with E-state index in [1.54, 1.807) is 23.6 Å². The molecule has 150 valence electrons. The van der Waals surface area contributed by atoms with Gasteiger partial charge in [0.1, 0.15) is 5.69 Å². The van der Waals surface area contributed by atoms with Gasteiger partial charge in [-0.15, -0.1) is 11.3 Å². The number of aryl methyl sites for hydroxylation is 1. The number of carbonyl (C=O) groups excluding carboxylic acids is 1. The molecule has 0 fully saturated rings. The summed E-state index contributed by atoms with van der Waals surface area (Å²) in [5.74, 6) is -0.159. The highest BCUT2D eigenvalue weighted by Gasteiger charge is 2.11. The molecule has 1 N–H and O–H groups in total. The zero-order valence-corrected chi connectivity index (χ0v) is 17.5. The number of benzene rings is 1. The van der Waals surface area contributed by atoms with E-state index in [2.05, 4.69) is 22.4 Å². The minimum Gasteiger partial charge on any atom is -0.347 e. The van der Waals surface area contributed by atoms with Crippen LogP contribution in [0.2, 0.25) is 0 Å². The van der Waals surface area contributed by atoms with Gasteiger partial charge in [0.05, 0.1) is 23.7 Å². The zero-order chi connectivity index (χ0) is 20.8. The predicted octanol–water partition coefficient (Wildman–Crippen LogP) is 4.69. The van der Waals surface area contributed by atoms with Crippen molar-refractivity contribution >= 4 is 23.3 Å². The summed E-state index contributed by atoms with van der Waals surface area (Å²) >= 11 is 1.63. The number of thiophene rings is 1. The third-order valence-electron chi connectivity index (χ3n) is 4.69. The van der Waals surface area contributed by atoms with E-state index in [0.717, 1.165) is 27.4 Å². The van der Waals surface area contributed by atoms with Gasteiger partial charge >= 0.3 is 0 Å². The lowest BCUT2D eigenvalue weighted by Gasteiger charge is -2.04. The summed E-state index contributed by atoms with van der Waals surface area (Å²) in [6.45, 7) is 3.07. The fourth-order valence-corrected chi connectivity index (χ4v) is 3.84. The molecule has 0 aliphatic carbocycles. The fraction of sp³-hybridized carbons (Fsp3) is 0.125. The Morgan fingerprint density at radius 2 is 2.00 bits per heavy atom. The van der Waals surface area contributed by atoms with Crippen LogP contribution in [0, 0.1) is 6.92 Å². The third kappa shape index (κ3) is 4.90. The average Bonchev–Trinajstić information content (AvgIpc) is 3.42. The summed E-state index contributed by atoms with van der Waals surface area (Å²) in [6.07, 6.45) is 7.09. The van der Waals surface area contributed by atoms with Gasteiger partial charge in [0.2, 0.25) is 5.91 Å². The Morgan fingerprint density at radius 3 is 2.77 bits per heavy atom. The summed E-state index contributed by atoms with van der Waals surface area (Å²) in [5, 5.41) is 9.69. The zero-order valence-electron chi connectivity index (χ0n) is 16.7. The first kappa shape index (κ1) is 19.8. The molecule has 0 atom stereocenters. The monoisotopic (exact) mass is 414 g/mol. The second-order valence-corrected chi connectivity index (χ2v) is 7.86. The number of carbonyl (C=O) groups is 1. The average molecular weight is 415 g/mol. The van der Waals surface area contributed by atoms with Crippen molar-refractivity contribution in [3.8, 4) is 10.6 Å². The Bertz CT molecular complexity index is 1150. The van der Waals surface area contributed by atoms with Crippen LogP contribution in [-0.4, -0.2) is 20.7 Å². The standard InChI is InChI=1S/C24H22N4OS/c1-18-7-5-13-25-21(18)15-26-23(29)12-11-20-17-28(16-19-8-3-2-4-9-19)27-24(20)22-10-6-14-30-22/h2-14,17H,15-16H2,1H3,(H,26,29)/b12-11+. The minimum atomic E-state index is -0.159. The molecule has 5 nitrogen and oxygen atoms in total. The van der Waals surface area contributed by atoms with Crippen LogP contribution in [0.25, 0.3) is 16.6 Å². The van der Waals surface area contributed by atoms with E-state index < -0.39 is 0 Å². The summed E-state index contributed by atoms with van der Waals surface area (Å²) in [7, 11) is 0. The molecule has 6 heteroatoms. The second kappa shape index (κ2) is 9.33. The topological polar surface area (TPSA) is 59.8 Å². The Hall–Kier alpha value is -3.51. The number of hydrogen-bond acceptors (Lipinski definition) is 4. The molecule has 4 rings (SSSR count). The first-order chi connectivity index (χ1) is 14.7. The number of nitrogens with one attached hydrogen (secondary N) is 1. The quantitative estimate of drug-likeness (QED) is 0.446. The van der Waals surface area contributed by atoms with Crippen molar-refractivity contribution in [3.05, 3.63) is 101 Å². The molecule has 3 heterocycles. The first-order valence-electron chi connectivity index (χ1n) is 9.71. The number of nitrogens with zero attached hydrogens (tertiary/aromatic N) is 3. The lowest BCUT2D eigenvalue weighted by atomic mass is 10.2. The van der Waals surface area contributed by atoms with Crippen LogP contribution < -0.4 is 5.32 Å². The SMILES string of the molecule is Cc1cccnc1CNC(=O)/C=C/c1cn(Cc2ccccc2)nc1-c1cccs1. The maximum atomic E-state index is 12.3. The Morgan fingerprint density at radius 1 is 1.13 bits per heavy atom. The summed E-state index contributed by atoms with van der Waals surface area (Å²) in [6, 6.07) is 18.1. The molecule has 30 heavy (non-hydrogen) atoms. The first-order valence-corrected chi connectivity index (χ1v) is 10.6. The van der Waals surface area contributed by atoms with E-state index in [1.807, 2.05) is 71.7 Å². The maximum Gasteiger partial charge on any atom is 0.244 e. The molecule has 0 saturated heterocycles. The van der Waals surface area contributed by atoms with Crippen molar-refractivity contribution < 1.29 is 4.79 Å². The highest BCUT2D eigenvalue weighted by molar-refractivity contribution is 7.13. The molecule has 4 aromatic rings. The van der Waals surface area contributed by atoms with Crippen molar-refractivity contribution in [1.29, 1.82) is 0 Å². The number of pyridine rings is 1. The fourth-order valence-electron chi connectivity index (χ4n) is 3.11. The van der Waals surface area contributed by atoms with E-state index in [1.165, 1.54) is 5.56 Å². The Labute approximate surface area is 179 Å². The van der Waals surface area contributed by atoms with Crippen LogP contribution in [0.15, 0.2) is 78.4 Å². The summed E-state index contributed by atoms with van der Waals surface area (Å²) in [5.41, 5.74) is 4.90. The predicted molar refractivity (Wildman–Crippen MR) is 121 cm³/mol. The van der Waals surface area contributed by atoms with Crippen molar-refractivity contribution in [1.82, 2.24) is 20.1 Å². The molecule has 0 saturated carbocycles. The van der Waals surface area contributed by atoms with Gasteiger partial charge in [0.25, 0.3) is 0 Å². The van der Waals surface area contributed by atoms with E-state index in [4.69, 9.17) is 5.10 Å². The molecule has 1 amide bonds. The number of hydrogen-bond donors (Lipinski definition) is 1. The highest BCUT2D eigenvalue weighted by Crippen LogP contribution is 2.27. The van der Waals surface area contributed by atoms with Gasteiger partial charge in [0, 0.05) is 24.0 Å². The third-order valence-corrected chi connectivity index (χ3v) is 5.57. The van der Waals surface area contributed by atoms with Crippen molar-refractivity contribution in [2.75, 3.05) is 0 Å². The molecule has 0 radical (unpaired) electrons. The molecule has 0 aliphatic heterocycles. The number of aromatic nitrogens is 3. The molecule has 1 aromatic carbocycles. The van der Waals surface area contributed by atoms with Crippen molar-refractivity contribution in [3.63, 3.8) is 0 Å². The largest absolute Gasteiger partial charge is 0.347 e. The van der Waals surface area contributed by atoms with E-state index in [9.17, 15) is 4.79 Å². The van der Waals surface area contributed by atoms with Gasteiger partial charge in [-0.3, -0.25) is 14.5 Å². The van der Waals surface area contributed by atoms with Crippen molar-refractivity contribution in [2.45, 2.75) is 20.0 Å². The molecular weight excluding hydrogens is 392 g/mol. The van der Waals surface area contributed by atoms with Gasteiger partial charge in [0.15, 0.2) is 0 Å². The van der Waals surface area contributed by atoms with Gasteiger partial charge in [-0.2, -0.15) is 5.10 Å². The lowest BCUT2D eigenvalue weighted by molar-refractivity contribution is -0.116. The van der Waals surface area contributed by atoms with E-state index >= 15 is 0 Å². The number of rotatable bonds is 7. The van der Waals surface area contributed by atoms with E-state index in [-0.39, 0.29) is 5.91 Å². The number of amides is 1. The lowest BCUT2D eigenvalue weighted by Crippen LogP contribution is -2.21. The van der Waals surface area contributed by atoms with E-state index in [0.29, 0.717) is 13.1 Å². The molecule has 0 bridgehead atoms. The smallest absolute Gasteiger partial charge is 0.244 e. The highest BCUT2D eigenvalue weighted by atomic mass is 32.1. The second-order valence-electron chi connectivity index (χ2n) is 6.91. The normalized spacial score (nSPS) is 11.1. The summed E-state index contributed by atoms with van der Waals surface area (Å²) in [4.78, 5) is 17.7. The molecular formula is C24H22N4OS. The van der Waals surface area contributed by atoms with Crippen molar-refractivity contribution in [2.24, 2.45) is 0 Å². The summed E-state index contributed by atoms with van der Waals surface area (Å²) < 4.78 is 1.92. The Kier molecular flexibility index (Phi) is 6.15. The van der Waals surface area contributed by atoms with Gasteiger partial charge < -0.3 is 5.32 Å². The van der Waals surface area contributed by atoms with Crippen LogP contribution >= 0.6 is 11.3 Å². The molecule has 0 spiro atoms. The Balaban J connectivity index is 1.50. The molecule has 3 aromatic heterocycles. The van der Waals surface area contributed by atoms with Crippen LogP contribution in [0.3, 0.4) is 0 Å². The molecule has 0 aliphatic rings. The van der Waals surface area contributed by atoms with Gasteiger partial charge in [-0.05, 0) is 41.6 Å². The van der Waals surface area contributed by atoms with Gasteiger partial charge in [-0.25, -0.2) is 0 Å². The molecule has 0 unspecified atom stereocenters. The van der Waals surface area contributed by atoms with Crippen LogP contribution in [-0.2, 0) is 17.9 Å². The van der Waals surface area contributed by atoms with Crippen LogP contribution in [0.1, 0.15) is 22.4 Å². The van der Waals surface area contributed by atoms with Gasteiger partial charge in [-0.1, -0.05) is 42.5 Å². The van der Waals surface area contributed by atoms with Crippen LogP contribution in [0.5, 0.6) is 0 Å². The minimum absolute atomic E-state index is 0.159. The maximum absolute atomic E-state index is 12.3. The van der Waals surface area contributed by atoms with Crippen LogP contribution in [0.4, 0.5) is 0 Å².